The predicted molar refractivity (Wildman–Crippen MR) is 81.2 cm³/mol. The van der Waals surface area contributed by atoms with Gasteiger partial charge in [-0.3, -0.25) is 15.0 Å². The highest BCUT2D eigenvalue weighted by molar-refractivity contribution is 5.97. The van der Waals surface area contributed by atoms with E-state index < -0.39 is 0 Å². The van der Waals surface area contributed by atoms with E-state index in [9.17, 15) is 9.59 Å². The SMILES string of the molecule is CCCCCCCCCC(=O)CC(=O)NN1CCCC1. The minimum absolute atomic E-state index is 0.0480. The molecule has 0 bridgehead atoms. The molecule has 0 saturated carbocycles. The number of carbonyl (C=O) groups is 2. The quantitative estimate of drug-likeness (QED) is 0.467. The molecule has 4 nitrogen and oxygen atoms in total. The molecular formula is C16H30N2O2. The second-order valence-corrected chi connectivity index (χ2v) is 5.82. The number of rotatable bonds is 11. The van der Waals surface area contributed by atoms with E-state index in [1.165, 1.54) is 32.1 Å². The zero-order chi connectivity index (χ0) is 14.6. The van der Waals surface area contributed by atoms with Crippen LogP contribution in [0.4, 0.5) is 0 Å². The molecule has 1 amide bonds. The van der Waals surface area contributed by atoms with Crippen molar-refractivity contribution in [2.45, 2.75) is 77.6 Å². The summed E-state index contributed by atoms with van der Waals surface area (Å²) in [6.45, 7) is 4.04. The van der Waals surface area contributed by atoms with Gasteiger partial charge in [0.05, 0.1) is 6.42 Å². The van der Waals surface area contributed by atoms with Gasteiger partial charge in [0.2, 0.25) is 5.91 Å². The fourth-order valence-electron chi connectivity index (χ4n) is 2.59. The Bertz CT molecular complexity index is 286. The van der Waals surface area contributed by atoms with E-state index in [4.69, 9.17) is 0 Å². The van der Waals surface area contributed by atoms with Gasteiger partial charge in [0.25, 0.3) is 0 Å². The lowest BCUT2D eigenvalue weighted by molar-refractivity contribution is -0.131. The lowest BCUT2D eigenvalue weighted by Crippen LogP contribution is -2.40. The highest BCUT2D eigenvalue weighted by Gasteiger charge is 2.15. The summed E-state index contributed by atoms with van der Waals surface area (Å²) < 4.78 is 0. The maximum absolute atomic E-state index is 11.7. The van der Waals surface area contributed by atoms with Crippen molar-refractivity contribution in [3.63, 3.8) is 0 Å². The van der Waals surface area contributed by atoms with Crippen molar-refractivity contribution in [3.05, 3.63) is 0 Å². The number of unbranched alkanes of at least 4 members (excludes halogenated alkanes) is 6. The van der Waals surface area contributed by atoms with Gasteiger partial charge in [0, 0.05) is 19.5 Å². The molecule has 0 aliphatic carbocycles. The Morgan fingerprint density at radius 2 is 1.55 bits per heavy atom. The van der Waals surface area contributed by atoms with Crippen molar-refractivity contribution in [2.75, 3.05) is 13.1 Å². The predicted octanol–water partition coefficient (Wildman–Crippen LogP) is 3.21. The lowest BCUT2D eigenvalue weighted by Gasteiger charge is -2.15. The van der Waals surface area contributed by atoms with E-state index in [0.717, 1.165) is 38.8 Å². The van der Waals surface area contributed by atoms with Crippen molar-refractivity contribution < 1.29 is 9.59 Å². The highest BCUT2D eigenvalue weighted by atomic mass is 16.2. The van der Waals surface area contributed by atoms with Gasteiger partial charge in [-0.15, -0.1) is 0 Å². The Morgan fingerprint density at radius 1 is 0.950 bits per heavy atom. The van der Waals surface area contributed by atoms with E-state index in [1.54, 1.807) is 0 Å². The van der Waals surface area contributed by atoms with Gasteiger partial charge >= 0.3 is 0 Å². The number of carbonyl (C=O) groups excluding carboxylic acids is 2. The van der Waals surface area contributed by atoms with Gasteiger partial charge in [0.1, 0.15) is 5.78 Å². The average Bonchev–Trinajstić information content (AvgIpc) is 2.90. The second kappa shape index (κ2) is 10.8. The number of nitrogens with one attached hydrogen (secondary N) is 1. The third-order valence-corrected chi connectivity index (χ3v) is 3.81. The van der Waals surface area contributed by atoms with Crippen LogP contribution in [0.2, 0.25) is 0 Å². The van der Waals surface area contributed by atoms with Crippen LogP contribution in [0, 0.1) is 0 Å². The van der Waals surface area contributed by atoms with Gasteiger partial charge in [0.15, 0.2) is 0 Å². The number of hydrogen-bond acceptors (Lipinski definition) is 3. The summed E-state index contributed by atoms with van der Waals surface area (Å²) in [5.41, 5.74) is 2.81. The minimum Gasteiger partial charge on any atom is -0.299 e. The van der Waals surface area contributed by atoms with Gasteiger partial charge in [-0.25, -0.2) is 5.01 Å². The number of amides is 1. The molecule has 0 aromatic heterocycles. The first-order valence-electron chi connectivity index (χ1n) is 8.28. The van der Waals surface area contributed by atoms with Crippen molar-refractivity contribution in [2.24, 2.45) is 0 Å². The molecule has 4 heteroatoms. The summed E-state index contributed by atoms with van der Waals surface area (Å²) in [5.74, 6) is -0.0601. The number of ketones is 1. The fraction of sp³-hybridized carbons (Fsp3) is 0.875. The second-order valence-electron chi connectivity index (χ2n) is 5.82. The maximum Gasteiger partial charge on any atom is 0.241 e. The summed E-state index contributed by atoms with van der Waals surface area (Å²) >= 11 is 0. The topological polar surface area (TPSA) is 49.4 Å². The van der Waals surface area contributed by atoms with Crippen molar-refractivity contribution in [3.8, 4) is 0 Å². The van der Waals surface area contributed by atoms with Crippen LogP contribution in [0.15, 0.2) is 0 Å². The van der Waals surface area contributed by atoms with Gasteiger partial charge in [-0.2, -0.15) is 0 Å². The van der Waals surface area contributed by atoms with Crippen molar-refractivity contribution in [1.29, 1.82) is 0 Å². The molecule has 1 rings (SSSR count). The Labute approximate surface area is 123 Å². The van der Waals surface area contributed by atoms with E-state index in [2.05, 4.69) is 12.3 Å². The van der Waals surface area contributed by atoms with Crippen LogP contribution in [0.1, 0.15) is 77.6 Å². The van der Waals surface area contributed by atoms with Crippen LogP contribution in [0.3, 0.4) is 0 Å². The zero-order valence-corrected chi connectivity index (χ0v) is 13.0. The molecule has 0 aromatic rings. The lowest BCUT2D eigenvalue weighted by atomic mass is 10.1. The number of hydrogen-bond donors (Lipinski definition) is 1. The van der Waals surface area contributed by atoms with E-state index in [0.29, 0.717) is 6.42 Å². The summed E-state index contributed by atoms with van der Waals surface area (Å²) in [5, 5.41) is 1.92. The summed E-state index contributed by atoms with van der Waals surface area (Å²) in [4.78, 5) is 23.3. The van der Waals surface area contributed by atoms with Gasteiger partial charge < -0.3 is 0 Å². The molecule has 1 saturated heterocycles. The fourth-order valence-corrected chi connectivity index (χ4v) is 2.59. The number of Topliss-reactive ketones (excluding diaryl/α,β-unsaturated/α-hetero) is 1. The number of nitrogens with zero attached hydrogens (tertiary/aromatic N) is 1. The van der Waals surface area contributed by atoms with E-state index in [-0.39, 0.29) is 18.1 Å². The molecule has 0 aromatic carbocycles. The van der Waals surface area contributed by atoms with E-state index >= 15 is 0 Å². The zero-order valence-electron chi connectivity index (χ0n) is 13.0. The molecule has 0 spiro atoms. The number of hydrazine groups is 1. The molecule has 116 valence electrons. The van der Waals surface area contributed by atoms with Crippen molar-refractivity contribution in [1.82, 2.24) is 10.4 Å². The molecule has 0 atom stereocenters. The van der Waals surface area contributed by atoms with Crippen LogP contribution in [0.25, 0.3) is 0 Å². The summed E-state index contributed by atoms with van der Waals surface area (Å²) in [7, 11) is 0. The molecule has 0 unspecified atom stereocenters. The highest BCUT2D eigenvalue weighted by Crippen LogP contribution is 2.09. The molecule has 1 aliphatic rings. The smallest absolute Gasteiger partial charge is 0.241 e. The molecule has 1 aliphatic heterocycles. The van der Waals surface area contributed by atoms with Crippen LogP contribution in [0.5, 0.6) is 0 Å². The van der Waals surface area contributed by atoms with Gasteiger partial charge in [-0.05, 0) is 19.3 Å². The Morgan fingerprint density at radius 3 is 2.20 bits per heavy atom. The third kappa shape index (κ3) is 8.31. The van der Waals surface area contributed by atoms with Crippen LogP contribution in [-0.4, -0.2) is 29.8 Å². The molecular weight excluding hydrogens is 252 g/mol. The molecule has 1 N–H and O–H groups in total. The monoisotopic (exact) mass is 282 g/mol. The molecule has 20 heavy (non-hydrogen) atoms. The average molecular weight is 282 g/mol. The van der Waals surface area contributed by atoms with Crippen LogP contribution >= 0.6 is 0 Å². The third-order valence-electron chi connectivity index (χ3n) is 3.81. The normalized spacial score (nSPS) is 15.4. The minimum atomic E-state index is -0.139. The first-order valence-corrected chi connectivity index (χ1v) is 8.28. The largest absolute Gasteiger partial charge is 0.299 e. The van der Waals surface area contributed by atoms with Gasteiger partial charge in [-0.1, -0.05) is 45.4 Å². The summed E-state index contributed by atoms with van der Waals surface area (Å²) in [6, 6.07) is 0. The Kier molecular flexibility index (Phi) is 9.29. The first kappa shape index (κ1) is 17.2. The van der Waals surface area contributed by atoms with Crippen LogP contribution < -0.4 is 5.43 Å². The molecule has 1 fully saturated rings. The van der Waals surface area contributed by atoms with Crippen molar-refractivity contribution >= 4 is 11.7 Å². The Balaban J connectivity index is 1.95. The standard InChI is InChI=1S/C16H30N2O2/c1-2-3-4-5-6-7-8-11-15(19)14-16(20)17-18-12-9-10-13-18/h2-14H2,1H3,(H,17,20). The summed E-state index contributed by atoms with van der Waals surface area (Å²) in [6.07, 6.45) is 11.3. The van der Waals surface area contributed by atoms with Crippen LogP contribution in [-0.2, 0) is 9.59 Å². The molecule has 0 radical (unpaired) electrons. The van der Waals surface area contributed by atoms with E-state index in [1.807, 2.05) is 5.01 Å². The maximum atomic E-state index is 11.7. The molecule has 1 heterocycles. The first-order chi connectivity index (χ1) is 9.72. The Hall–Kier alpha value is -0.900.